The molecule has 1 aromatic carbocycles. The summed E-state index contributed by atoms with van der Waals surface area (Å²) in [5.41, 5.74) is 1.13. The first-order valence-electron chi connectivity index (χ1n) is 7.94. The van der Waals surface area contributed by atoms with Crippen molar-refractivity contribution in [3.8, 4) is 5.75 Å². The van der Waals surface area contributed by atoms with E-state index in [0.29, 0.717) is 26.4 Å². The van der Waals surface area contributed by atoms with Gasteiger partial charge in [-0.05, 0) is 31.5 Å². The molecule has 1 unspecified atom stereocenters. The maximum absolute atomic E-state index is 5.55. The van der Waals surface area contributed by atoms with Gasteiger partial charge in [-0.2, -0.15) is 0 Å². The van der Waals surface area contributed by atoms with Crippen molar-refractivity contribution in [1.29, 1.82) is 0 Å². The van der Waals surface area contributed by atoms with Crippen molar-refractivity contribution in [2.45, 2.75) is 26.4 Å². The molecule has 0 aliphatic heterocycles. The van der Waals surface area contributed by atoms with Crippen molar-refractivity contribution < 1.29 is 14.2 Å². The number of hydrogen-bond acceptors (Lipinski definition) is 4. The standard InChI is InChI=1S/C17H29N3O3/c1-5-18-17(20-14(2)13-22-4)19-12-15-6-8-16(9-7-15)23-11-10-21-3/h6-9,14H,5,10-13H2,1-4H3,(H2,18,19,20). The second-order valence-corrected chi connectivity index (χ2v) is 5.18. The molecule has 1 aromatic rings. The van der Waals surface area contributed by atoms with Crippen molar-refractivity contribution in [2.75, 3.05) is 40.6 Å². The fraction of sp³-hybridized carbons (Fsp3) is 0.588. The van der Waals surface area contributed by atoms with Gasteiger partial charge in [0.2, 0.25) is 0 Å². The fourth-order valence-electron chi connectivity index (χ4n) is 1.95. The van der Waals surface area contributed by atoms with Crippen LogP contribution in [0.25, 0.3) is 0 Å². The number of aliphatic imine (C=N–C) groups is 1. The maximum atomic E-state index is 5.55. The lowest BCUT2D eigenvalue weighted by molar-refractivity contribution is 0.146. The van der Waals surface area contributed by atoms with Crippen LogP contribution in [-0.4, -0.2) is 52.6 Å². The molecule has 6 heteroatoms. The SMILES string of the molecule is CCNC(=NCc1ccc(OCCOC)cc1)NC(C)COC. The molecule has 0 spiro atoms. The van der Waals surface area contributed by atoms with Crippen LogP contribution in [0.2, 0.25) is 0 Å². The third-order valence-corrected chi connectivity index (χ3v) is 3.04. The predicted octanol–water partition coefficient (Wildman–Crippen LogP) is 1.80. The highest BCUT2D eigenvalue weighted by molar-refractivity contribution is 5.80. The molecule has 0 aromatic heterocycles. The minimum absolute atomic E-state index is 0.203. The van der Waals surface area contributed by atoms with Gasteiger partial charge in [0.05, 0.1) is 19.8 Å². The van der Waals surface area contributed by atoms with E-state index < -0.39 is 0 Å². The lowest BCUT2D eigenvalue weighted by Crippen LogP contribution is -2.43. The van der Waals surface area contributed by atoms with E-state index in [1.54, 1.807) is 14.2 Å². The Kier molecular flexibility index (Phi) is 9.83. The minimum Gasteiger partial charge on any atom is -0.491 e. The number of guanidine groups is 1. The van der Waals surface area contributed by atoms with Gasteiger partial charge in [0.1, 0.15) is 12.4 Å². The van der Waals surface area contributed by atoms with Gasteiger partial charge in [-0.1, -0.05) is 12.1 Å². The number of methoxy groups -OCH3 is 2. The maximum Gasteiger partial charge on any atom is 0.191 e. The van der Waals surface area contributed by atoms with E-state index in [0.717, 1.165) is 23.8 Å². The summed E-state index contributed by atoms with van der Waals surface area (Å²) in [5, 5.41) is 6.54. The molecule has 0 heterocycles. The van der Waals surface area contributed by atoms with Gasteiger partial charge in [-0.3, -0.25) is 0 Å². The van der Waals surface area contributed by atoms with E-state index in [2.05, 4.69) is 22.5 Å². The van der Waals surface area contributed by atoms with E-state index in [9.17, 15) is 0 Å². The minimum atomic E-state index is 0.203. The monoisotopic (exact) mass is 323 g/mol. The third-order valence-electron chi connectivity index (χ3n) is 3.04. The first-order valence-corrected chi connectivity index (χ1v) is 7.94. The van der Waals surface area contributed by atoms with Crippen LogP contribution < -0.4 is 15.4 Å². The van der Waals surface area contributed by atoms with E-state index >= 15 is 0 Å². The van der Waals surface area contributed by atoms with Crippen LogP contribution in [0.15, 0.2) is 29.3 Å². The number of nitrogens with zero attached hydrogens (tertiary/aromatic N) is 1. The summed E-state index contributed by atoms with van der Waals surface area (Å²) in [7, 11) is 3.35. The highest BCUT2D eigenvalue weighted by Crippen LogP contribution is 2.12. The first-order chi connectivity index (χ1) is 11.2. The van der Waals surface area contributed by atoms with Crippen LogP contribution in [0.4, 0.5) is 0 Å². The first kappa shape index (κ1) is 19.3. The largest absolute Gasteiger partial charge is 0.491 e. The number of nitrogens with one attached hydrogen (secondary N) is 2. The molecule has 0 radical (unpaired) electrons. The van der Waals surface area contributed by atoms with Gasteiger partial charge in [0, 0.05) is 26.8 Å². The summed E-state index contributed by atoms with van der Waals surface area (Å²) in [4.78, 5) is 4.59. The van der Waals surface area contributed by atoms with Crippen LogP contribution in [0, 0.1) is 0 Å². The van der Waals surface area contributed by atoms with E-state index in [4.69, 9.17) is 14.2 Å². The highest BCUT2D eigenvalue weighted by atomic mass is 16.5. The van der Waals surface area contributed by atoms with E-state index in [-0.39, 0.29) is 6.04 Å². The molecule has 0 bridgehead atoms. The number of benzene rings is 1. The van der Waals surface area contributed by atoms with Gasteiger partial charge < -0.3 is 24.8 Å². The summed E-state index contributed by atoms with van der Waals surface area (Å²) >= 11 is 0. The number of rotatable bonds is 10. The normalized spacial score (nSPS) is 12.8. The number of hydrogen-bond donors (Lipinski definition) is 2. The molecule has 23 heavy (non-hydrogen) atoms. The van der Waals surface area contributed by atoms with Gasteiger partial charge >= 0.3 is 0 Å². The summed E-state index contributed by atoms with van der Waals surface area (Å²) in [6.45, 7) is 7.30. The summed E-state index contributed by atoms with van der Waals surface area (Å²) < 4.78 is 15.6. The Morgan fingerprint density at radius 2 is 1.87 bits per heavy atom. The highest BCUT2D eigenvalue weighted by Gasteiger charge is 2.04. The molecule has 0 saturated carbocycles. The van der Waals surface area contributed by atoms with Gasteiger partial charge in [-0.25, -0.2) is 4.99 Å². The van der Waals surface area contributed by atoms with Crippen molar-refractivity contribution in [1.82, 2.24) is 10.6 Å². The molecule has 130 valence electrons. The van der Waals surface area contributed by atoms with Gasteiger partial charge in [0.25, 0.3) is 0 Å². The zero-order valence-corrected chi connectivity index (χ0v) is 14.6. The Morgan fingerprint density at radius 1 is 1.13 bits per heavy atom. The van der Waals surface area contributed by atoms with Gasteiger partial charge in [0.15, 0.2) is 5.96 Å². The molecule has 0 saturated heterocycles. The molecular weight excluding hydrogens is 294 g/mol. The van der Waals surface area contributed by atoms with E-state index in [1.807, 2.05) is 31.2 Å². The lowest BCUT2D eigenvalue weighted by atomic mass is 10.2. The molecule has 6 nitrogen and oxygen atoms in total. The van der Waals surface area contributed by atoms with Crippen LogP contribution in [0.3, 0.4) is 0 Å². The average Bonchev–Trinajstić information content (AvgIpc) is 2.54. The zero-order valence-electron chi connectivity index (χ0n) is 14.6. The van der Waals surface area contributed by atoms with Gasteiger partial charge in [-0.15, -0.1) is 0 Å². The molecule has 0 amide bonds. The quantitative estimate of drug-likeness (QED) is 0.390. The molecule has 1 atom stereocenters. The average molecular weight is 323 g/mol. The van der Waals surface area contributed by atoms with E-state index in [1.165, 1.54) is 0 Å². The molecule has 0 fully saturated rings. The Morgan fingerprint density at radius 3 is 2.48 bits per heavy atom. The Labute approximate surface area is 139 Å². The molecular formula is C17H29N3O3. The Hall–Kier alpha value is -1.79. The summed E-state index contributed by atoms with van der Waals surface area (Å²) in [5.74, 6) is 1.63. The summed E-state index contributed by atoms with van der Waals surface area (Å²) in [6, 6.07) is 8.15. The third kappa shape index (κ3) is 8.42. The smallest absolute Gasteiger partial charge is 0.191 e. The Bertz CT molecular complexity index is 449. The Balaban J connectivity index is 2.54. The second-order valence-electron chi connectivity index (χ2n) is 5.18. The van der Waals surface area contributed by atoms with Crippen LogP contribution >= 0.6 is 0 Å². The zero-order chi connectivity index (χ0) is 16.9. The molecule has 2 N–H and O–H groups in total. The molecule has 0 aliphatic rings. The second kappa shape index (κ2) is 11.7. The van der Waals surface area contributed by atoms with Crippen LogP contribution in [0.1, 0.15) is 19.4 Å². The summed E-state index contributed by atoms with van der Waals surface area (Å²) in [6.07, 6.45) is 0. The molecule has 0 aliphatic carbocycles. The van der Waals surface area contributed by atoms with Crippen LogP contribution in [0.5, 0.6) is 5.75 Å². The van der Waals surface area contributed by atoms with Crippen LogP contribution in [-0.2, 0) is 16.0 Å². The predicted molar refractivity (Wildman–Crippen MR) is 93.1 cm³/mol. The van der Waals surface area contributed by atoms with Crippen molar-refractivity contribution in [3.05, 3.63) is 29.8 Å². The lowest BCUT2D eigenvalue weighted by Gasteiger charge is -2.17. The number of ether oxygens (including phenoxy) is 3. The van der Waals surface area contributed by atoms with Crippen molar-refractivity contribution in [3.63, 3.8) is 0 Å². The van der Waals surface area contributed by atoms with Crippen molar-refractivity contribution >= 4 is 5.96 Å². The fourth-order valence-corrected chi connectivity index (χ4v) is 1.95. The van der Waals surface area contributed by atoms with Crippen molar-refractivity contribution in [2.24, 2.45) is 4.99 Å². The topological polar surface area (TPSA) is 64.1 Å². The molecule has 1 rings (SSSR count).